The third-order valence-electron chi connectivity index (χ3n) is 5.04. The Morgan fingerprint density at radius 3 is 2.64 bits per heavy atom. The Bertz CT molecular complexity index is 989. The average Bonchev–Trinajstić information content (AvgIpc) is 3.12. The summed E-state index contributed by atoms with van der Waals surface area (Å²) in [4.78, 5) is 26.8. The molecule has 3 aromatic rings. The Morgan fingerprint density at radius 1 is 1.14 bits per heavy atom. The molecule has 0 atom stereocenters. The molecule has 8 heteroatoms. The number of anilines is 2. The van der Waals surface area contributed by atoms with Crippen LogP contribution in [-0.4, -0.2) is 77.1 Å². The standard InChI is InChI=1S/C20H25N7O/c1-24(2)14-19(28)26-12-10-25(11-13-26)16-4-3-5-17-15(16)7-9-27(17)18-6-8-22-20(21)23-18/h3-9H,10-14H2,1-2H3,(H2,21,22,23). The molecule has 0 aliphatic carbocycles. The van der Waals surface area contributed by atoms with Crippen LogP contribution in [0.1, 0.15) is 0 Å². The van der Waals surface area contributed by atoms with Gasteiger partial charge in [-0.25, -0.2) is 4.98 Å². The van der Waals surface area contributed by atoms with E-state index in [4.69, 9.17) is 5.73 Å². The zero-order valence-corrected chi connectivity index (χ0v) is 16.2. The molecule has 2 N–H and O–H groups in total. The Kier molecular flexibility index (Phi) is 4.87. The van der Waals surface area contributed by atoms with E-state index in [9.17, 15) is 4.79 Å². The summed E-state index contributed by atoms with van der Waals surface area (Å²) in [5.41, 5.74) is 7.99. The Labute approximate surface area is 164 Å². The number of rotatable bonds is 4. The topological polar surface area (TPSA) is 83.5 Å². The maximum atomic E-state index is 12.3. The van der Waals surface area contributed by atoms with Crippen LogP contribution in [0, 0.1) is 0 Å². The average molecular weight is 379 g/mol. The van der Waals surface area contributed by atoms with Crippen LogP contribution in [0.15, 0.2) is 42.7 Å². The Morgan fingerprint density at radius 2 is 1.93 bits per heavy atom. The van der Waals surface area contributed by atoms with Gasteiger partial charge in [-0.1, -0.05) is 6.07 Å². The van der Waals surface area contributed by atoms with Crippen molar-refractivity contribution in [2.24, 2.45) is 0 Å². The van der Waals surface area contributed by atoms with Gasteiger partial charge in [0, 0.05) is 49.6 Å². The molecule has 2 aromatic heterocycles. The molecule has 4 rings (SSSR count). The van der Waals surface area contributed by atoms with E-state index in [-0.39, 0.29) is 11.9 Å². The molecular weight excluding hydrogens is 354 g/mol. The summed E-state index contributed by atoms with van der Waals surface area (Å²) in [5.74, 6) is 1.20. The van der Waals surface area contributed by atoms with E-state index in [0.717, 1.165) is 42.9 Å². The normalized spacial score (nSPS) is 14.8. The highest BCUT2D eigenvalue weighted by Crippen LogP contribution is 2.30. The van der Waals surface area contributed by atoms with Gasteiger partial charge in [-0.05, 0) is 38.4 Å². The quantitative estimate of drug-likeness (QED) is 0.734. The second-order valence-corrected chi connectivity index (χ2v) is 7.27. The maximum Gasteiger partial charge on any atom is 0.236 e. The predicted molar refractivity (Wildman–Crippen MR) is 111 cm³/mol. The summed E-state index contributed by atoms with van der Waals surface area (Å²) < 4.78 is 2.02. The van der Waals surface area contributed by atoms with Crippen LogP contribution in [0.25, 0.3) is 16.7 Å². The molecule has 1 amide bonds. The minimum absolute atomic E-state index is 0.190. The molecule has 1 saturated heterocycles. The van der Waals surface area contributed by atoms with E-state index >= 15 is 0 Å². The van der Waals surface area contributed by atoms with Gasteiger partial charge >= 0.3 is 0 Å². The van der Waals surface area contributed by atoms with Crippen molar-refractivity contribution in [2.75, 3.05) is 57.5 Å². The van der Waals surface area contributed by atoms with E-state index in [1.165, 1.54) is 5.69 Å². The lowest BCUT2D eigenvalue weighted by atomic mass is 10.1. The molecule has 0 bridgehead atoms. The summed E-state index contributed by atoms with van der Waals surface area (Å²) in [6.07, 6.45) is 3.67. The first-order valence-electron chi connectivity index (χ1n) is 9.39. The van der Waals surface area contributed by atoms with Gasteiger partial charge in [0.15, 0.2) is 0 Å². The van der Waals surface area contributed by atoms with Crippen molar-refractivity contribution in [1.29, 1.82) is 0 Å². The third-order valence-corrected chi connectivity index (χ3v) is 5.04. The lowest BCUT2D eigenvalue weighted by Crippen LogP contribution is -2.50. The highest BCUT2D eigenvalue weighted by atomic mass is 16.2. The van der Waals surface area contributed by atoms with Gasteiger partial charge in [0.05, 0.1) is 12.1 Å². The lowest BCUT2D eigenvalue weighted by molar-refractivity contribution is -0.132. The molecular formula is C20H25N7O. The van der Waals surface area contributed by atoms with Gasteiger partial charge in [0.25, 0.3) is 0 Å². The van der Waals surface area contributed by atoms with Crippen LogP contribution in [0.5, 0.6) is 0 Å². The molecule has 1 aliphatic rings. The number of nitrogen functional groups attached to an aromatic ring is 1. The smallest absolute Gasteiger partial charge is 0.236 e. The zero-order valence-electron chi connectivity index (χ0n) is 16.2. The molecule has 1 aliphatic heterocycles. The summed E-state index contributed by atoms with van der Waals surface area (Å²) in [7, 11) is 3.84. The number of nitrogens with zero attached hydrogens (tertiary/aromatic N) is 6. The van der Waals surface area contributed by atoms with Gasteiger partial charge in [-0.3, -0.25) is 4.79 Å². The molecule has 8 nitrogen and oxygen atoms in total. The van der Waals surface area contributed by atoms with Crippen LogP contribution in [0.3, 0.4) is 0 Å². The van der Waals surface area contributed by atoms with E-state index in [2.05, 4.69) is 39.1 Å². The molecule has 28 heavy (non-hydrogen) atoms. The van der Waals surface area contributed by atoms with Gasteiger partial charge in [0.1, 0.15) is 5.82 Å². The van der Waals surface area contributed by atoms with Crippen LogP contribution in [0.2, 0.25) is 0 Å². The van der Waals surface area contributed by atoms with Gasteiger partial charge < -0.3 is 25.0 Å². The van der Waals surface area contributed by atoms with Crippen molar-refractivity contribution >= 4 is 28.4 Å². The van der Waals surface area contributed by atoms with Crippen molar-refractivity contribution in [3.8, 4) is 5.82 Å². The molecule has 0 radical (unpaired) electrons. The lowest BCUT2D eigenvalue weighted by Gasteiger charge is -2.36. The number of hydrogen-bond donors (Lipinski definition) is 1. The SMILES string of the molecule is CN(C)CC(=O)N1CCN(c2cccc3c2ccn3-c2ccnc(N)n2)CC1. The number of likely N-dealkylation sites (N-methyl/N-ethyl adjacent to an activating group) is 1. The van der Waals surface area contributed by atoms with Crippen molar-refractivity contribution < 1.29 is 4.79 Å². The highest BCUT2D eigenvalue weighted by molar-refractivity contribution is 5.94. The number of piperazine rings is 1. The van der Waals surface area contributed by atoms with Crippen molar-refractivity contribution in [1.82, 2.24) is 24.3 Å². The van der Waals surface area contributed by atoms with Crippen LogP contribution < -0.4 is 10.6 Å². The fraction of sp³-hybridized carbons (Fsp3) is 0.350. The fourth-order valence-corrected chi connectivity index (χ4v) is 3.69. The van der Waals surface area contributed by atoms with E-state index in [1.807, 2.05) is 40.7 Å². The number of hydrogen-bond acceptors (Lipinski definition) is 6. The summed E-state index contributed by atoms with van der Waals surface area (Å²) in [6.45, 7) is 3.59. The number of fused-ring (bicyclic) bond motifs is 1. The first-order valence-corrected chi connectivity index (χ1v) is 9.39. The largest absolute Gasteiger partial charge is 0.368 e. The first kappa shape index (κ1) is 18.2. The van der Waals surface area contributed by atoms with Gasteiger partial charge in [-0.2, -0.15) is 4.98 Å². The summed E-state index contributed by atoms with van der Waals surface area (Å²) in [6, 6.07) is 10.2. The van der Waals surface area contributed by atoms with E-state index in [0.29, 0.717) is 6.54 Å². The minimum atomic E-state index is 0.190. The van der Waals surface area contributed by atoms with Crippen LogP contribution in [-0.2, 0) is 4.79 Å². The number of carbonyl (C=O) groups excluding carboxylic acids is 1. The molecule has 0 saturated carbocycles. The minimum Gasteiger partial charge on any atom is -0.368 e. The zero-order chi connectivity index (χ0) is 19.7. The maximum absolute atomic E-state index is 12.3. The Balaban J connectivity index is 1.57. The second kappa shape index (κ2) is 7.47. The van der Waals surface area contributed by atoms with E-state index < -0.39 is 0 Å². The first-order chi connectivity index (χ1) is 13.5. The summed E-state index contributed by atoms with van der Waals surface area (Å²) in [5, 5.41) is 1.16. The van der Waals surface area contributed by atoms with Crippen molar-refractivity contribution in [2.45, 2.75) is 0 Å². The molecule has 0 unspecified atom stereocenters. The van der Waals surface area contributed by atoms with Gasteiger partial charge in [-0.15, -0.1) is 0 Å². The molecule has 1 fully saturated rings. The predicted octanol–water partition coefficient (Wildman–Crippen LogP) is 1.21. The van der Waals surface area contributed by atoms with Crippen molar-refractivity contribution in [3.05, 3.63) is 42.7 Å². The van der Waals surface area contributed by atoms with Crippen molar-refractivity contribution in [3.63, 3.8) is 0 Å². The second-order valence-electron chi connectivity index (χ2n) is 7.27. The number of benzene rings is 1. The summed E-state index contributed by atoms with van der Waals surface area (Å²) >= 11 is 0. The Hall–Kier alpha value is -3.13. The fourth-order valence-electron chi connectivity index (χ4n) is 3.69. The number of carbonyl (C=O) groups is 1. The molecule has 146 valence electrons. The number of amides is 1. The number of aromatic nitrogens is 3. The molecule has 3 heterocycles. The third kappa shape index (κ3) is 3.50. The van der Waals surface area contributed by atoms with Crippen LogP contribution in [0.4, 0.5) is 11.6 Å². The molecule has 1 aromatic carbocycles. The van der Waals surface area contributed by atoms with E-state index in [1.54, 1.807) is 6.20 Å². The van der Waals surface area contributed by atoms with Crippen LogP contribution >= 0.6 is 0 Å². The van der Waals surface area contributed by atoms with Gasteiger partial charge in [0.2, 0.25) is 11.9 Å². The monoisotopic (exact) mass is 379 g/mol. The molecule has 0 spiro atoms. The highest BCUT2D eigenvalue weighted by Gasteiger charge is 2.23. The number of nitrogens with two attached hydrogens (primary N) is 1.